The Hall–Kier alpha value is -4.44. The number of aromatic amines is 2. The van der Waals surface area contributed by atoms with E-state index in [1.165, 1.54) is 0 Å². The molecule has 0 aliphatic heterocycles. The molecule has 4 aromatic carbocycles. The lowest BCUT2D eigenvalue weighted by Gasteiger charge is -2.03. The number of fused-ring (bicyclic) bond motifs is 2. The summed E-state index contributed by atoms with van der Waals surface area (Å²) in [6.07, 6.45) is 1.96. The van der Waals surface area contributed by atoms with E-state index >= 15 is 0 Å². The van der Waals surface area contributed by atoms with E-state index in [0.717, 1.165) is 55.8 Å². The quantitative estimate of drug-likeness (QED) is 0.297. The number of H-pyrrole nitrogens is 2. The molecule has 4 nitrogen and oxygen atoms in total. The maximum atomic E-state index is 4.93. The number of aliphatic imine (C=N–C) groups is 1. The molecule has 2 heterocycles. The minimum absolute atomic E-state index is 0.821. The second kappa shape index (κ2) is 7.67. The summed E-state index contributed by atoms with van der Waals surface area (Å²) in [5.74, 6) is 0.821. The summed E-state index contributed by atoms with van der Waals surface area (Å²) >= 11 is 0. The van der Waals surface area contributed by atoms with Crippen LogP contribution in [-0.4, -0.2) is 21.2 Å². The normalized spacial score (nSPS) is 11.6. The van der Waals surface area contributed by atoms with Crippen LogP contribution in [-0.2, 0) is 0 Å². The summed E-state index contributed by atoms with van der Waals surface area (Å²) in [5.41, 5.74) is 8.18. The summed E-state index contributed by atoms with van der Waals surface area (Å²) in [5, 5.41) is 1.15. The van der Waals surface area contributed by atoms with Gasteiger partial charge < -0.3 is 9.97 Å². The van der Waals surface area contributed by atoms with Crippen molar-refractivity contribution in [3.8, 4) is 22.6 Å². The minimum atomic E-state index is 0.821. The van der Waals surface area contributed by atoms with E-state index in [-0.39, 0.29) is 0 Å². The zero-order valence-corrected chi connectivity index (χ0v) is 17.3. The van der Waals surface area contributed by atoms with Crippen LogP contribution < -0.4 is 0 Å². The van der Waals surface area contributed by atoms with Gasteiger partial charge in [-0.3, -0.25) is 4.99 Å². The number of hydrogen-bond acceptors (Lipinski definition) is 2. The summed E-state index contributed by atoms with van der Waals surface area (Å²) in [4.78, 5) is 16.7. The van der Waals surface area contributed by atoms with Crippen molar-refractivity contribution < 1.29 is 0 Å². The third-order valence-corrected chi connectivity index (χ3v) is 5.69. The topological polar surface area (TPSA) is 56.8 Å². The van der Waals surface area contributed by atoms with Crippen molar-refractivity contribution in [2.24, 2.45) is 4.99 Å². The van der Waals surface area contributed by atoms with Gasteiger partial charge >= 0.3 is 0 Å². The molecule has 0 amide bonds. The fraction of sp³-hybridized carbons (Fsp3) is 0. The Morgan fingerprint density at radius 2 is 1.38 bits per heavy atom. The van der Waals surface area contributed by atoms with Gasteiger partial charge in [0.2, 0.25) is 0 Å². The molecule has 0 spiro atoms. The second-order valence-corrected chi connectivity index (χ2v) is 7.70. The Kier molecular flexibility index (Phi) is 4.40. The summed E-state index contributed by atoms with van der Waals surface area (Å²) < 4.78 is 0. The third kappa shape index (κ3) is 3.19. The number of nitrogens with one attached hydrogen (secondary N) is 2. The molecule has 0 fully saturated rings. The average Bonchev–Trinajstić information content (AvgIpc) is 3.45. The SMILES string of the molecule is C(=Nc1ccccc1-c1nc2ccccc2[nH]1)c1c(-c2ccccc2)[nH]c2ccccc12. The first-order valence-corrected chi connectivity index (χ1v) is 10.6. The van der Waals surface area contributed by atoms with Crippen molar-refractivity contribution in [2.45, 2.75) is 0 Å². The van der Waals surface area contributed by atoms with Gasteiger partial charge in [0.05, 0.1) is 22.4 Å². The number of para-hydroxylation sites is 4. The third-order valence-electron chi connectivity index (χ3n) is 5.69. The Morgan fingerprint density at radius 1 is 0.656 bits per heavy atom. The molecule has 0 bridgehead atoms. The molecule has 2 aromatic heterocycles. The van der Waals surface area contributed by atoms with Crippen molar-refractivity contribution in [1.82, 2.24) is 15.0 Å². The van der Waals surface area contributed by atoms with Crippen LogP contribution in [0.2, 0.25) is 0 Å². The van der Waals surface area contributed by atoms with Gasteiger partial charge in [0.1, 0.15) is 5.82 Å². The van der Waals surface area contributed by atoms with E-state index in [2.05, 4.69) is 58.5 Å². The van der Waals surface area contributed by atoms with Gasteiger partial charge in [-0.1, -0.05) is 72.8 Å². The summed E-state index contributed by atoms with van der Waals surface area (Å²) in [6.45, 7) is 0. The van der Waals surface area contributed by atoms with Gasteiger partial charge in [-0.05, 0) is 35.9 Å². The molecule has 2 N–H and O–H groups in total. The zero-order valence-electron chi connectivity index (χ0n) is 17.3. The summed E-state index contributed by atoms with van der Waals surface area (Å²) in [6, 6.07) is 34.9. The Labute approximate surface area is 185 Å². The van der Waals surface area contributed by atoms with E-state index in [1.54, 1.807) is 0 Å². The van der Waals surface area contributed by atoms with Crippen LogP contribution in [0.15, 0.2) is 108 Å². The highest BCUT2D eigenvalue weighted by molar-refractivity contribution is 6.06. The van der Waals surface area contributed by atoms with Crippen LogP contribution >= 0.6 is 0 Å². The minimum Gasteiger partial charge on any atom is -0.354 e. The van der Waals surface area contributed by atoms with E-state index < -0.39 is 0 Å². The lowest BCUT2D eigenvalue weighted by atomic mass is 10.1. The molecule has 32 heavy (non-hydrogen) atoms. The first-order valence-electron chi connectivity index (χ1n) is 10.6. The van der Waals surface area contributed by atoms with Gasteiger partial charge in [0.25, 0.3) is 0 Å². The second-order valence-electron chi connectivity index (χ2n) is 7.70. The van der Waals surface area contributed by atoms with Crippen LogP contribution in [0, 0.1) is 0 Å². The number of benzene rings is 4. The number of hydrogen-bond donors (Lipinski definition) is 2. The predicted octanol–water partition coefficient (Wildman–Crippen LogP) is 7.13. The van der Waals surface area contributed by atoms with Crippen LogP contribution in [0.1, 0.15) is 5.56 Å². The van der Waals surface area contributed by atoms with E-state index in [9.17, 15) is 0 Å². The molecule has 0 saturated carbocycles. The van der Waals surface area contributed by atoms with Crippen molar-refractivity contribution in [2.75, 3.05) is 0 Å². The first-order chi connectivity index (χ1) is 15.9. The monoisotopic (exact) mass is 412 g/mol. The smallest absolute Gasteiger partial charge is 0.140 e. The fourth-order valence-corrected chi connectivity index (χ4v) is 4.13. The van der Waals surface area contributed by atoms with Gasteiger partial charge in [-0.25, -0.2) is 4.98 Å². The van der Waals surface area contributed by atoms with Gasteiger partial charge in [-0.15, -0.1) is 0 Å². The molecule has 0 aliphatic carbocycles. The van der Waals surface area contributed by atoms with E-state index in [1.807, 2.05) is 60.8 Å². The molecular weight excluding hydrogens is 392 g/mol. The Morgan fingerprint density at radius 3 is 2.25 bits per heavy atom. The lowest BCUT2D eigenvalue weighted by molar-refractivity contribution is 1.33. The molecule has 6 rings (SSSR count). The van der Waals surface area contributed by atoms with Crippen LogP contribution in [0.25, 0.3) is 44.6 Å². The number of nitrogens with zero attached hydrogens (tertiary/aromatic N) is 2. The number of aromatic nitrogens is 3. The van der Waals surface area contributed by atoms with Crippen molar-refractivity contribution in [1.29, 1.82) is 0 Å². The largest absolute Gasteiger partial charge is 0.354 e. The summed E-state index contributed by atoms with van der Waals surface area (Å²) in [7, 11) is 0. The molecule has 6 aromatic rings. The van der Waals surface area contributed by atoms with Gasteiger partial charge in [-0.2, -0.15) is 0 Å². The molecule has 0 radical (unpaired) electrons. The predicted molar refractivity (Wildman–Crippen MR) is 133 cm³/mol. The standard InChI is InChI=1S/C28H20N4/c1-2-10-19(11-3-1)27-22(20-12-4-7-15-24(20)30-27)18-29-23-14-6-5-13-21(23)28-31-25-16-8-9-17-26(25)32-28/h1-18,30H,(H,31,32). The Balaban J connectivity index is 1.48. The molecule has 0 aliphatic rings. The molecule has 0 atom stereocenters. The molecule has 0 saturated heterocycles. The van der Waals surface area contributed by atoms with Crippen LogP contribution in [0.4, 0.5) is 5.69 Å². The maximum absolute atomic E-state index is 4.93. The number of rotatable bonds is 4. The zero-order chi connectivity index (χ0) is 21.3. The van der Waals surface area contributed by atoms with Gasteiger partial charge in [0, 0.05) is 28.2 Å². The fourth-order valence-electron chi connectivity index (χ4n) is 4.13. The molecule has 0 unspecified atom stereocenters. The molecular formula is C28H20N4. The molecule has 4 heteroatoms. The highest BCUT2D eigenvalue weighted by atomic mass is 14.9. The highest BCUT2D eigenvalue weighted by Gasteiger charge is 2.12. The first kappa shape index (κ1) is 18.3. The maximum Gasteiger partial charge on any atom is 0.140 e. The van der Waals surface area contributed by atoms with E-state index in [0.29, 0.717) is 0 Å². The number of imidazole rings is 1. The highest BCUT2D eigenvalue weighted by Crippen LogP contribution is 2.32. The van der Waals surface area contributed by atoms with Crippen molar-refractivity contribution in [3.05, 3.63) is 109 Å². The lowest BCUT2D eigenvalue weighted by Crippen LogP contribution is -1.86. The Bertz CT molecular complexity index is 1540. The van der Waals surface area contributed by atoms with Crippen LogP contribution in [0.5, 0.6) is 0 Å². The molecule has 152 valence electrons. The van der Waals surface area contributed by atoms with E-state index in [4.69, 9.17) is 9.98 Å². The van der Waals surface area contributed by atoms with Gasteiger partial charge in [0.15, 0.2) is 0 Å². The van der Waals surface area contributed by atoms with Crippen LogP contribution in [0.3, 0.4) is 0 Å². The van der Waals surface area contributed by atoms with Crippen molar-refractivity contribution >= 4 is 33.8 Å². The average molecular weight is 412 g/mol. The van der Waals surface area contributed by atoms with Crippen molar-refractivity contribution in [3.63, 3.8) is 0 Å².